The SMILES string of the molecule is CC(=O)N(c1ccccc1)c1cccc(N/C=c2\c(C)c(C#N)c3nc4ccccc4n3c2=O)c1. The van der Waals surface area contributed by atoms with Crippen molar-refractivity contribution in [3.05, 3.63) is 106 Å². The summed E-state index contributed by atoms with van der Waals surface area (Å²) in [4.78, 5) is 32.0. The van der Waals surface area contributed by atoms with E-state index in [1.165, 1.54) is 11.3 Å². The minimum Gasteiger partial charge on any atom is -0.361 e. The zero-order valence-corrected chi connectivity index (χ0v) is 19.2. The molecule has 1 amide bonds. The third-order valence-corrected chi connectivity index (χ3v) is 5.93. The number of benzene rings is 3. The normalized spacial score (nSPS) is 11.5. The Bertz CT molecular complexity index is 1750. The number of hydrogen-bond donors (Lipinski definition) is 1. The average Bonchev–Trinajstić information content (AvgIpc) is 3.24. The summed E-state index contributed by atoms with van der Waals surface area (Å²) < 4.78 is 1.48. The van der Waals surface area contributed by atoms with Crippen LogP contribution in [0.5, 0.6) is 0 Å². The molecule has 5 aromatic rings. The van der Waals surface area contributed by atoms with E-state index in [0.29, 0.717) is 44.4 Å². The number of rotatable bonds is 4. The van der Waals surface area contributed by atoms with Crippen LogP contribution < -0.4 is 21.0 Å². The van der Waals surface area contributed by atoms with E-state index in [1.54, 1.807) is 18.0 Å². The lowest BCUT2D eigenvalue weighted by Gasteiger charge is -2.22. The number of para-hydroxylation sites is 3. The monoisotopic (exact) mass is 459 g/mol. The molecular weight excluding hydrogens is 438 g/mol. The minimum absolute atomic E-state index is 0.119. The van der Waals surface area contributed by atoms with Crippen molar-refractivity contribution in [1.82, 2.24) is 9.38 Å². The standard InChI is InChI=1S/C28H21N5O2/c1-18-23(16-29)27-31-25-13-6-7-14-26(25)33(27)28(35)24(18)17-30-20-9-8-12-22(15-20)32(19(2)34)21-10-4-3-5-11-21/h3-15,17,30H,1-2H3/b24-17+. The van der Waals surface area contributed by atoms with Crippen LogP contribution in [0.25, 0.3) is 22.9 Å². The number of nitrogens with one attached hydrogen (secondary N) is 1. The predicted octanol–water partition coefficient (Wildman–Crippen LogP) is 4.28. The van der Waals surface area contributed by atoms with Crippen LogP contribution in [0.15, 0.2) is 83.7 Å². The van der Waals surface area contributed by atoms with Crippen LogP contribution in [0.1, 0.15) is 18.1 Å². The van der Waals surface area contributed by atoms with Crippen LogP contribution in [0, 0.1) is 18.3 Å². The summed E-state index contributed by atoms with van der Waals surface area (Å²) in [5.74, 6) is -0.119. The van der Waals surface area contributed by atoms with Gasteiger partial charge in [0.2, 0.25) is 5.91 Å². The third-order valence-electron chi connectivity index (χ3n) is 5.93. The van der Waals surface area contributed by atoms with E-state index in [9.17, 15) is 14.9 Å². The molecule has 2 heterocycles. The van der Waals surface area contributed by atoms with Gasteiger partial charge in [0.1, 0.15) is 6.07 Å². The summed E-state index contributed by atoms with van der Waals surface area (Å²) >= 11 is 0. The molecule has 2 aromatic heterocycles. The highest BCUT2D eigenvalue weighted by atomic mass is 16.2. The summed E-state index contributed by atoms with van der Waals surface area (Å²) in [5.41, 5.74) is 4.46. The van der Waals surface area contributed by atoms with Gasteiger partial charge in [-0.2, -0.15) is 5.26 Å². The van der Waals surface area contributed by atoms with Gasteiger partial charge in [-0.05, 0) is 55.0 Å². The molecule has 0 radical (unpaired) electrons. The second-order valence-corrected chi connectivity index (χ2v) is 8.12. The molecule has 0 fully saturated rings. The van der Waals surface area contributed by atoms with Gasteiger partial charge in [-0.3, -0.25) is 18.9 Å². The molecule has 0 saturated heterocycles. The largest absolute Gasteiger partial charge is 0.361 e. The number of amides is 1. The highest BCUT2D eigenvalue weighted by molar-refractivity contribution is 5.99. The number of hydrogen-bond acceptors (Lipinski definition) is 5. The lowest BCUT2D eigenvalue weighted by molar-refractivity contribution is -0.115. The Morgan fingerprint density at radius 3 is 2.49 bits per heavy atom. The van der Waals surface area contributed by atoms with Crippen molar-refractivity contribution in [2.45, 2.75) is 13.8 Å². The van der Waals surface area contributed by atoms with E-state index in [1.807, 2.05) is 78.9 Å². The third kappa shape index (κ3) is 3.77. The molecule has 0 unspecified atom stereocenters. The van der Waals surface area contributed by atoms with Crippen LogP contribution >= 0.6 is 0 Å². The van der Waals surface area contributed by atoms with Gasteiger partial charge in [0, 0.05) is 24.5 Å². The summed E-state index contributed by atoms with van der Waals surface area (Å²) in [7, 11) is 0. The van der Waals surface area contributed by atoms with E-state index < -0.39 is 0 Å². The number of aromatic nitrogens is 2. The first-order valence-corrected chi connectivity index (χ1v) is 11.1. The van der Waals surface area contributed by atoms with Crippen molar-refractivity contribution < 1.29 is 4.79 Å². The lowest BCUT2D eigenvalue weighted by Crippen LogP contribution is -2.34. The van der Waals surface area contributed by atoms with Crippen LogP contribution in [0.3, 0.4) is 0 Å². The summed E-state index contributed by atoms with van der Waals surface area (Å²) in [6, 6.07) is 26.3. The Kier molecular flexibility index (Phi) is 5.47. The van der Waals surface area contributed by atoms with Gasteiger partial charge < -0.3 is 5.32 Å². The highest BCUT2D eigenvalue weighted by Crippen LogP contribution is 2.27. The van der Waals surface area contributed by atoms with Crippen molar-refractivity contribution in [3.8, 4) is 6.07 Å². The average molecular weight is 460 g/mol. The fraction of sp³-hybridized carbons (Fsp3) is 0.0714. The van der Waals surface area contributed by atoms with Gasteiger partial charge in [-0.25, -0.2) is 4.98 Å². The number of nitrogens with zero attached hydrogens (tertiary/aromatic N) is 4. The molecule has 7 nitrogen and oxygen atoms in total. The van der Waals surface area contributed by atoms with E-state index in [2.05, 4.69) is 16.4 Å². The van der Waals surface area contributed by atoms with Gasteiger partial charge in [0.25, 0.3) is 5.56 Å². The smallest absolute Gasteiger partial charge is 0.265 e. The molecule has 35 heavy (non-hydrogen) atoms. The predicted molar refractivity (Wildman–Crippen MR) is 137 cm³/mol. The Morgan fingerprint density at radius 2 is 1.74 bits per heavy atom. The molecule has 0 aliphatic heterocycles. The Morgan fingerprint density at radius 1 is 1.03 bits per heavy atom. The van der Waals surface area contributed by atoms with Crippen molar-refractivity contribution in [3.63, 3.8) is 0 Å². The number of fused-ring (bicyclic) bond motifs is 3. The first-order valence-electron chi connectivity index (χ1n) is 11.1. The summed E-state index contributed by atoms with van der Waals surface area (Å²) in [6.45, 7) is 3.26. The highest BCUT2D eigenvalue weighted by Gasteiger charge is 2.16. The molecule has 1 N–H and O–H groups in total. The van der Waals surface area contributed by atoms with Crippen LogP contribution in [-0.2, 0) is 4.79 Å². The quantitative estimate of drug-likeness (QED) is 0.433. The second-order valence-electron chi connectivity index (χ2n) is 8.12. The van der Waals surface area contributed by atoms with E-state index in [4.69, 9.17) is 0 Å². The molecule has 3 aromatic carbocycles. The molecule has 170 valence electrons. The molecule has 0 atom stereocenters. The van der Waals surface area contributed by atoms with Crippen LogP contribution in [0.4, 0.5) is 17.1 Å². The van der Waals surface area contributed by atoms with Gasteiger partial charge in [-0.1, -0.05) is 36.4 Å². The molecule has 0 spiro atoms. The molecule has 0 aliphatic carbocycles. The molecule has 0 aliphatic rings. The maximum atomic E-state index is 13.5. The number of nitriles is 1. The Hall–Kier alpha value is -4.96. The molecular formula is C28H21N5O2. The van der Waals surface area contributed by atoms with Gasteiger partial charge in [0.05, 0.1) is 27.5 Å². The van der Waals surface area contributed by atoms with Crippen molar-refractivity contribution in [2.24, 2.45) is 0 Å². The number of carbonyl (C=O) groups excluding carboxylic acids is 1. The second kappa shape index (κ2) is 8.76. The lowest BCUT2D eigenvalue weighted by atomic mass is 10.1. The topological polar surface area (TPSA) is 90.5 Å². The summed E-state index contributed by atoms with van der Waals surface area (Å²) in [5, 5.41) is 13.4. The maximum Gasteiger partial charge on any atom is 0.265 e. The van der Waals surface area contributed by atoms with E-state index >= 15 is 0 Å². The fourth-order valence-electron chi connectivity index (χ4n) is 4.27. The Labute approximate surface area is 201 Å². The molecule has 0 saturated carbocycles. The summed E-state index contributed by atoms with van der Waals surface area (Å²) in [6.07, 6.45) is 1.60. The first-order chi connectivity index (χ1) is 17.0. The number of pyridine rings is 1. The van der Waals surface area contributed by atoms with Crippen molar-refractivity contribution >= 4 is 45.8 Å². The molecule has 5 rings (SSSR count). The minimum atomic E-state index is -0.261. The Balaban J connectivity index is 1.62. The number of carbonyl (C=O) groups is 1. The fourth-order valence-corrected chi connectivity index (χ4v) is 4.27. The van der Waals surface area contributed by atoms with Gasteiger partial charge in [0.15, 0.2) is 5.65 Å². The van der Waals surface area contributed by atoms with Crippen molar-refractivity contribution in [2.75, 3.05) is 10.2 Å². The zero-order chi connectivity index (χ0) is 24.5. The molecule has 0 bridgehead atoms. The first kappa shape index (κ1) is 21.9. The van der Waals surface area contributed by atoms with Crippen LogP contribution in [-0.4, -0.2) is 15.3 Å². The molecule has 7 heteroatoms. The maximum absolute atomic E-state index is 13.5. The van der Waals surface area contributed by atoms with Crippen LogP contribution in [0.2, 0.25) is 0 Å². The number of imidazole rings is 1. The van der Waals surface area contributed by atoms with E-state index in [-0.39, 0.29) is 11.5 Å². The van der Waals surface area contributed by atoms with Gasteiger partial charge in [-0.15, -0.1) is 0 Å². The van der Waals surface area contributed by atoms with Gasteiger partial charge >= 0.3 is 0 Å². The number of anilines is 3. The van der Waals surface area contributed by atoms with Crippen molar-refractivity contribution in [1.29, 1.82) is 5.26 Å². The van der Waals surface area contributed by atoms with E-state index in [0.717, 1.165) is 5.69 Å². The zero-order valence-electron chi connectivity index (χ0n) is 19.2.